The van der Waals surface area contributed by atoms with Gasteiger partial charge in [-0.15, -0.1) is 10.2 Å². The number of nitrogens with one attached hydrogen (secondary N) is 1. The zero-order valence-electron chi connectivity index (χ0n) is 22.6. The van der Waals surface area contributed by atoms with Crippen LogP contribution in [0, 0.1) is 11.8 Å². The van der Waals surface area contributed by atoms with Crippen LogP contribution in [0.1, 0.15) is 32.0 Å². The molecule has 0 aliphatic carbocycles. The minimum Gasteiger partial charge on any atom is -0.396 e. The van der Waals surface area contributed by atoms with E-state index in [-0.39, 0.29) is 11.6 Å². The molecule has 0 aliphatic rings. The Balaban J connectivity index is 1.44. The Bertz CT molecular complexity index is 1550. The van der Waals surface area contributed by atoms with Gasteiger partial charge >= 0.3 is 0 Å². The van der Waals surface area contributed by atoms with Crippen LogP contribution in [0.15, 0.2) is 109 Å². The first-order valence-corrected chi connectivity index (χ1v) is 15.0. The van der Waals surface area contributed by atoms with E-state index in [4.69, 9.17) is 4.43 Å². The van der Waals surface area contributed by atoms with E-state index in [0.717, 1.165) is 10.9 Å². The molecular weight excluding hydrogens is 496 g/mol. The molecule has 2 heterocycles. The number of aromatic nitrogens is 3. The van der Waals surface area contributed by atoms with E-state index in [0.29, 0.717) is 18.1 Å². The van der Waals surface area contributed by atoms with E-state index in [1.807, 2.05) is 42.5 Å². The molecule has 1 N–H and O–H groups in total. The maximum atomic E-state index is 6.90. The third-order valence-electron chi connectivity index (χ3n) is 6.82. The molecule has 5 rings (SSSR count). The number of nitrogens with zero attached hydrogens (tertiary/aromatic N) is 3. The molecule has 39 heavy (non-hydrogen) atoms. The number of rotatable bonds is 7. The van der Waals surface area contributed by atoms with Crippen LogP contribution in [0.25, 0.3) is 10.9 Å². The summed E-state index contributed by atoms with van der Waals surface area (Å²) in [4.78, 5) is 4.58. The summed E-state index contributed by atoms with van der Waals surface area (Å²) >= 11 is 0. The summed E-state index contributed by atoms with van der Waals surface area (Å²) in [6.07, 6.45) is 1.76. The lowest BCUT2D eigenvalue weighted by atomic mass is 10.2. The Morgan fingerprint density at radius 3 is 2.00 bits per heavy atom. The van der Waals surface area contributed by atoms with Crippen LogP contribution < -0.4 is 15.7 Å². The Hall–Kier alpha value is -4.31. The first kappa shape index (κ1) is 26.3. The lowest BCUT2D eigenvalue weighted by Gasteiger charge is -2.42. The van der Waals surface area contributed by atoms with Crippen molar-refractivity contribution in [1.29, 1.82) is 0 Å². The average molecular weight is 529 g/mol. The van der Waals surface area contributed by atoms with Crippen LogP contribution in [0.4, 0.5) is 5.82 Å². The Labute approximate surface area is 231 Å². The van der Waals surface area contributed by atoms with Gasteiger partial charge in [0.1, 0.15) is 5.52 Å². The molecule has 0 radical (unpaired) electrons. The summed E-state index contributed by atoms with van der Waals surface area (Å²) in [5.41, 5.74) is 2.43. The molecule has 0 bridgehead atoms. The SMILES string of the molecule is CC(C)(C)[Si](OCC#Cc1nnc(NCc2ccccc2)c2cccnc12)(c1ccccc1)c1ccccc1. The van der Waals surface area contributed by atoms with Gasteiger partial charge in [-0.1, -0.05) is 118 Å². The van der Waals surface area contributed by atoms with E-state index in [1.165, 1.54) is 15.9 Å². The topological polar surface area (TPSA) is 59.9 Å². The van der Waals surface area contributed by atoms with Crippen molar-refractivity contribution in [2.45, 2.75) is 32.4 Å². The molecule has 5 aromatic rings. The summed E-state index contributed by atoms with van der Waals surface area (Å²) in [5, 5.41) is 15.5. The van der Waals surface area contributed by atoms with Crippen molar-refractivity contribution in [1.82, 2.24) is 15.2 Å². The van der Waals surface area contributed by atoms with E-state index < -0.39 is 8.32 Å². The highest BCUT2D eigenvalue weighted by molar-refractivity contribution is 6.99. The first-order chi connectivity index (χ1) is 19.0. The van der Waals surface area contributed by atoms with Crippen LogP contribution in [-0.4, -0.2) is 30.1 Å². The lowest BCUT2D eigenvalue weighted by Crippen LogP contribution is -2.66. The van der Waals surface area contributed by atoms with E-state index in [2.05, 4.69) is 114 Å². The second-order valence-corrected chi connectivity index (χ2v) is 14.7. The summed E-state index contributed by atoms with van der Waals surface area (Å²) in [7, 11) is -2.66. The second-order valence-electron chi connectivity index (χ2n) is 10.4. The molecule has 2 aromatic heterocycles. The molecule has 0 spiro atoms. The van der Waals surface area contributed by atoms with Crippen molar-refractivity contribution in [3.63, 3.8) is 0 Å². The fourth-order valence-electron chi connectivity index (χ4n) is 5.01. The standard InChI is InChI=1S/C33H32N4OSi/c1-33(2,3)39(27-17-9-5-10-18-27,28-19-11-6-12-20-28)38-24-14-22-30-31-29(21-13-23-34-31)32(37-36-30)35-25-26-15-7-4-8-16-26/h4-13,15-21,23H,24-25H2,1-3H3,(H,35,37). The van der Waals surface area contributed by atoms with Crippen molar-refractivity contribution in [2.24, 2.45) is 0 Å². The number of benzene rings is 3. The van der Waals surface area contributed by atoms with Crippen molar-refractivity contribution >= 4 is 35.4 Å². The van der Waals surface area contributed by atoms with Crippen molar-refractivity contribution in [2.75, 3.05) is 11.9 Å². The predicted molar refractivity (Wildman–Crippen MR) is 162 cm³/mol. The zero-order chi connectivity index (χ0) is 27.1. The Kier molecular flexibility index (Phi) is 7.83. The Morgan fingerprint density at radius 2 is 1.38 bits per heavy atom. The van der Waals surface area contributed by atoms with E-state index >= 15 is 0 Å². The van der Waals surface area contributed by atoms with Crippen molar-refractivity contribution < 1.29 is 4.43 Å². The zero-order valence-corrected chi connectivity index (χ0v) is 23.6. The monoisotopic (exact) mass is 528 g/mol. The third kappa shape index (κ3) is 5.60. The predicted octanol–water partition coefficient (Wildman–Crippen LogP) is 5.57. The minimum absolute atomic E-state index is 0.114. The van der Waals surface area contributed by atoms with Crippen molar-refractivity contribution in [3.05, 3.63) is 121 Å². The fraction of sp³-hybridized carbons (Fsp3) is 0.182. The van der Waals surface area contributed by atoms with Gasteiger partial charge in [0.05, 0.1) is 6.61 Å². The van der Waals surface area contributed by atoms with E-state index in [9.17, 15) is 0 Å². The fourth-order valence-corrected chi connectivity index (χ4v) is 9.45. The highest BCUT2D eigenvalue weighted by atomic mass is 28.4. The highest BCUT2D eigenvalue weighted by Gasteiger charge is 2.49. The molecule has 194 valence electrons. The van der Waals surface area contributed by atoms with Gasteiger partial charge in [-0.05, 0) is 39.0 Å². The van der Waals surface area contributed by atoms with Gasteiger partial charge in [-0.2, -0.15) is 0 Å². The molecule has 0 atom stereocenters. The highest BCUT2D eigenvalue weighted by Crippen LogP contribution is 2.36. The average Bonchev–Trinajstić information content (AvgIpc) is 2.97. The summed E-state index contributed by atoms with van der Waals surface area (Å²) < 4.78 is 6.90. The second kappa shape index (κ2) is 11.6. The maximum Gasteiger partial charge on any atom is 0.262 e. The van der Waals surface area contributed by atoms with Crippen molar-refractivity contribution in [3.8, 4) is 11.8 Å². The summed E-state index contributed by atoms with van der Waals surface area (Å²) in [6, 6.07) is 35.3. The molecule has 0 saturated heterocycles. The molecule has 5 nitrogen and oxygen atoms in total. The minimum atomic E-state index is -2.66. The molecule has 3 aromatic carbocycles. The van der Waals surface area contributed by atoms with Crippen LogP contribution in [0.3, 0.4) is 0 Å². The third-order valence-corrected chi connectivity index (χ3v) is 11.8. The molecule has 0 saturated carbocycles. The maximum absolute atomic E-state index is 6.90. The van der Waals surface area contributed by atoms with Gasteiger partial charge in [0.15, 0.2) is 11.5 Å². The summed E-state index contributed by atoms with van der Waals surface area (Å²) in [5.74, 6) is 7.13. The molecular formula is C33H32N4OSi. The van der Waals surface area contributed by atoms with Gasteiger partial charge < -0.3 is 9.74 Å². The number of hydrogen-bond donors (Lipinski definition) is 1. The molecule has 6 heteroatoms. The van der Waals surface area contributed by atoms with Gasteiger partial charge in [0, 0.05) is 18.1 Å². The van der Waals surface area contributed by atoms with Crippen LogP contribution in [0.5, 0.6) is 0 Å². The van der Waals surface area contributed by atoms with Crippen LogP contribution >= 0.6 is 0 Å². The lowest BCUT2D eigenvalue weighted by molar-refractivity contribution is 0.346. The van der Waals surface area contributed by atoms with Gasteiger partial charge in [0.25, 0.3) is 8.32 Å². The number of pyridine rings is 1. The molecule has 0 unspecified atom stereocenters. The van der Waals surface area contributed by atoms with Gasteiger partial charge in [-0.25, -0.2) is 0 Å². The largest absolute Gasteiger partial charge is 0.396 e. The van der Waals surface area contributed by atoms with Crippen LogP contribution in [0.2, 0.25) is 5.04 Å². The Morgan fingerprint density at radius 1 is 0.769 bits per heavy atom. The van der Waals surface area contributed by atoms with Gasteiger partial charge in [0.2, 0.25) is 0 Å². The normalized spacial score (nSPS) is 11.6. The number of fused-ring (bicyclic) bond motifs is 1. The number of anilines is 1. The number of hydrogen-bond acceptors (Lipinski definition) is 5. The van der Waals surface area contributed by atoms with Gasteiger partial charge in [-0.3, -0.25) is 4.98 Å². The molecule has 0 aliphatic heterocycles. The molecule has 0 fully saturated rings. The molecule has 0 amide bonds. The van der Waals surface area contributed by atoms with E-state index in [1.54, 1.807) is 6.20 Å². The van der Waals surface area contributed by atoms with Crippen LogP contribution in [-0.2, 0) is 11.0 Å². The quantitative estimate of drug-likeness (QED) is 0.221. The first-order valence-electron chi connectivity index (χ1n) is 13.1. The smallest absolute Gasteiger partial charge is 0.262 e. The summed E-state index contributed by atoms with van der Waals surface area (Å²) in [6.45, 7) is 7.71.